The number of hydrogen-bond acceptors (Lipinski definition) is 8. The van der Waals surface area contributed by atoms with Crippen LogP contribution in [0.4, 0.5) is 5.82 Å². The molecule has 2 aromatic rings. The number of nitrogens with two attached hydrogens (primary N) is 1. The summed E-state index contributed by atoms with van der Waals surface area (Å²) >= 11 is 1.90. The Balaban J connectivity index is 1.32. The topological polar surface area (TPSA) is 125 Å². The fraction of sp³-hybridized carbons (Fsp3) is 0.844. The van der Waals surface area contributed by atoms with E-state index in [9.17, 15) is 9.46 Å². The van der Waals surface area contributed by atoms with Crippen LogP contribution in [0.3, 0.4) is 0 Å². The van der Waals surface area contributed by atoms with E-state index in [2.05, 4.69) is 21.9 Å². The molecule has 0 aliphatic rings. The first kappa shape index (κ1) is 38.0. The van der Waals surface area contributed by atoms with Crippen LogP contribution in [0.25, 0.3) is 11.2 Å². The summed E-state index contributed by atoms with van der Waals surface area (Å²) in [5.41, 5.74) is 6.96. The minimum Gasteiger partial charge on any atom is -0.382 e. The number of ether oxygens (including phenoxy) is 1. The minimum absolute atomic E-state index is 0.264. The van der Waals surface area contributed by atoms with Crippen molar-refractivity contribution in [1.29, 1.82) is 0 Å². The van der Waals surface area contributed by atoms with Crippen molar-refractivity contribution in [3.05, 3.63) is 12.7 Å². The quantitative estimate of drug-likeness (QED) is 0.0660. The molecule has 2 rings (SSSR count). The highest BCUT2D eigenvalue weighted by Crippen LogP contribution is 2.42. The van der Waals surface area contributed by atoms with Gasteiger partial charge in [-0.1, -0.05) is 116 Å². The van der Waals surface area contributed by atoms with Gasteiger partial charge < -0.3 is 24.5 Å². The smallest absolute Gasteiger partial charge is 0.353 e. The Labute approximate surface area is 265 Å². The molecule has 0 spiro atoms. The molecule has 2 heterocycles. The molecule has 0 radical (unpaired) electrons. The predicted octanol–water partition coefficient (Wildman–Crippen LogP) is 9.14. The van der Waals surface area contributed by atoms with Crippen molar-refractivity contribution in [2.75, 3.05) is 30.2 Å². The van der Waals surface area contributed by atoms with Crippen LogP contribution in [0.15, 0.2) is 12.7 Å². The zero-order chi connectivity index (χ0) is 31.0. The number of fused-ring (bicyclic) bond motifs is 1. The number of hydrogen-bond donors (Lipinski definition) is 2. The lowest BCUT2D eigenvalue weighted by molar-refractivity contribution is 0.0718. The third-order valence-corrected chi connectivity index (χ3v) is 9.99. The average molecular weight is 642 g/mol. The molecule has 11 heteroatoms. The zero-order valence-electron chi connectivity index (χ0n) is 27.1. The molecule has 0 aliphatic carbocycles. The van der Waals surface area contributed by atoms with Gasteiger partial charge in [0.05, 0.1) is 25.6 Å². The lowest BCUT2D eigenvalue weighted by atomic mass is 10.0. The molecule has 0 saturated carbocycles. The molecule has 2 aromatic heterocycles. The third kappa shape index (κ3) is 18.4. The second-order valence-electron chi connectivity index (χ2n) is 11.9. The predicted molar refractivity (Wildman–Crippen MR) is 182 cm³/mol. The van der Waals surface area contributed by atoms with Gasteiger partial charge in [-0.05, 0) is 31.3 Å². The Morgan fingerprint density at radius 1 is 0.837 bits per heavy atom. The van der Waals surface area contributed by atoms with Crippen LogP contribution < -0.4 is 5.73 Å². The molecule has 0 bridgehead atoms. The van der Waals surface area contributed by atoms with Crippen molar-refractivity contribution < 1.29 is 18.7 Å². The molecule has 0 fully saturated rings. The molecule has 248 valence electrons. The first-order valence-corrected chi connectivity index (χ1v) is 19.9. The molecule has 0 aliphatic heterocycles. The second kappa shape index (κ2) is 24.1. The van der Waals surface area contributed by atoms with Gasteiger partial charge >= 0.3 is 7.60 Å². The van der Waals surface area contributed by atoms with E-state index in [1.807, 2.05) is 18.7 Å². The van der Waals surface area contributed by atoms with Gasteiger partial charge in [-0.3, -0.25) is 4.57 Å². The van der Waals surface area contributed by atoms with E-state index < -0.39 is 7.60 Å². The fourth-order valence-electron chi connectivity index (χ4n) is 5.20. The molecular formula is C32H60N5O4PS. The monoisotopic (exact) mass is 641 g/mol. The number of rotatable bonds is 29. The maximum Gasteiger partial charge on any atom is 0.353 e. The largest absolute Gasteiger partial charge is 0.382 e. The van der Waals surface area contributed by atoms with Crippen molar-refractivity contribution in [2.45, 2.75) is 148 Å². The molecule has 1 unspecified atom stereocenters. The van der Waals surface area contributed by atoms with E-state index in [0.717, 1.165) is 17.9 Å². The van der Waals surface area contributed by atoms with Gasteiger partial charge in [0.15, 0.2) is 11.5 Å². The maximum atomic E-state index is 12.3. The van der Waals surface area contributed by atoms with E-state index in [1.165, 1.54) is 122 Å². The fourth-order valence-corrected chi connectivity index (χ4v) is 7.06. The highest BCUT2D eigenvalue weighted by molar-refractivity contribution is 7.99. The van der Waals surface area contributed by atoms with Crippen LogP contribution in [-0.2, 0) is 20.4 Å². The SMILES string of the molecule is CCCCCCCCCCCCCCCCCCCCSCCCOP(=O)(O)CO[C@H](C)Cn1cnc2c(N)ncnc21. The van der Waals surface area contributed by atoms with Crippen molar-refractivity contribution in [3.8, 4) is 0 Å². The van der Waals surface area contributed by atoms with Crippen molar-refractivity contribution in [1.82, 2.24) is 19.5 Å². The average Bonchev–Trinajstić information content (AvgIpc) is 3.40. The lowest BCUT2D eigenvalue weighted by Crippen LogP contribution is -2.17. The minimum atomic E-state index is -3.79. The first-order valence-electron chi connectivity index (χ1n) is 17.0. The van der Waals surface area contributed by atoms with Gasteiger partial charge in [-0.25, -0.2) is 15.0 Å². The van der Waals surface area contributed by atoms with E-state index in [0.29, 0.717) is 23.5 Å². The summed E-state index contributed by atoms with van der Waals surface area (Å²) in [5.74, 6) is 2.41. The van der Waals surface area contributed by atoms with Crippen molar-refractivity contribution in [2.24, 2.45) is 0 Å². The zero-order valence-corrected chi connectivity index (χ0v) is 28.8. The molecule has 0 amide bonds. The number of imidazole rings is 1. The van der Waals surface area contributed by atoms with Crippen LogP contribution in [0.1, 0.15) is 136 Å². The molecule has 9 nitrogen and oxygen atoms in total. The van der Waals surface area contributed by atoms with Crippen LogP contribution >= 0.6 is 19.4 Å². The van der Waals surface area contributed by atoms with E-state index >= 15 is 0 Å². The number of nitrogen functional groups attached to an aromatic ring is 1. The maximum absolute atomic E-state index is 12.3. The van der Waals surface area contributed by atoms with Gasteiger partial charge in [-0.2, -0.15) is 11.8 Å². The standard InChI is InChI=1S/C32H60N5O4PS/c1-3-4-5-6-7-8-9-10-11-12-13-14-15-16-17-18-19-20-23-43-24-21-22-41-42(38,39)28-40-29(2)25-37-27-36-30-31(33)34-26-35-32(30)37/h26-27,29H,3-25,28H2,1-2H3,(H,38,39)(H2,33,34,35)/t29-/m1/s1. The summed E-state index contributed by atoms with van der Waals surface area (Å²) in [4.78, 5) is 22.5. The van der Waals surface area contributed by atoms with Crippen molar-refractivity contribution >= 4 is 36.3 Å². The highest BCUT2D eigenvalue weighted by atomic mass is 32.2. The summed E-state index contributed by atoms with van der Waals surface area (Å²) in [6.07, 6.45) is 28.2. The van der Waals surface area contributed by atoms with Crippen LogP contribution in [0.5, 0.6) is 0 Å². The number of nitrogens with zero attached hydrogens (tertiary/aromatic N) is 4. The molecule has 0 aromatic carbocycles. The van der Waals surface area contributed by atoms with Gasteiger partial charge in [0.1, 0.15) is 18.2 Å². The van der Waals surface area contributed by atoms with E-state index in [1.54, 1.807) is 10.9 Å². The third-order valence-electron chi connectivity index (χ3n) is 7.77. The molecule has 43 heavy (non-hydrogen) atoms. The second-order valence-corrected chi connectivity index (χ2v) is 14.9. The molecular weight excluding hydrogens is 581 g/mol. The summed E-state index contributed by atoms with van der Waals surface area (Å²) in [7, 11) is -3.79. The number of anilines is 1. The van der Waals surface area contributed by atoms with Gasteiger partial charge in [0.25, 0.3) is 0 Å². The number of unbranched alkanes of at least 4 members (excludes halogenated alkanes) is 17. The van der Waals surface area contributed by atoms with Crippen molar-refractivity contribution in [3.63, 3.8) is 0 Å². The summed E-state index contributed by atoms with van der Waals surface area (Å²) in [5, 5.41) is 0. The van der Waals surface area contributed by atoms with Crippen LogP contribution in [0.2, 0.25) is 0 Å². The number of thioether (sulfide) groups is 1. The van der Waals surface area contributed by atoms with Crippen LogP contribution in [-0.4, -0.2) is 55.0 Å². The molecule has 0 saturated heterocycles. The van der Waals surface area contributed by atoms with Gasteiger partial charge in [0, 0.05) is 0 Å². The number of aromatic nitrogens is 4. The Kier molecular flexibility index (Phi) is 21.3. The van der Waals surface area contributed by atoms with Gasteiger partial charge in [-0.15, -0.1) is 0 Å². The lowest BCUT2D eigenvalue weighted by Gasteiger charge is -2.17. The van der Waals surface area contributed by atoms with E-state index in [4.69, 9.17) is 15.0 Å². The Morgan fingerprint density at radius 3 is 1.95 bits per heavy atom. The van der Waals surface area contributed by atoms with E-state index in [-0.39, 0.29) is 19.1 Å². The van der Waals surface area contributed by atoms with Gasteiger partial charge in [0.2, 0.25) is 0 Å². The Morgan fingerprint density at radius 2 is 1.37 bits per heavy atom. The molecule has 2 atom stereocenters. The van der Waals surface area contributed by atoms with Crippen LogP contribution in [0, 0.1) is 0 Å². The Hall–Kier alpha value is -1.19. The highest BCUT2D eigenvalue weighted by Gasteiger charge is 2.21. The Bertz CT molecular complexity index is 1010. The first-order chi connectivity index (χ1) is 20.9. The summed E-state index contributed by atoms with van der Waals surface area (Å²) in [6.45, 7) is 4.80. The summed E-state index contributed by atoms with van der Waals surface area (Å²) in [6, 6.07) is 0. The normalized spacial score (nSPS) is 13.9. The summed E-state index contributed by atoms with van der Waals surface area (Å²) < 4.78 is 25.0. The molecule has 3 N–H and O–H groups in total.